The minimum Gasteiger partial charge on any atom is -0.460 e. The van der Waals surface area contributed by atoms with Gasteiger partial charge in [-0.25, -0.2) is 4.79 Å². The fourth-order valence-corrected chi connectivity index (χ4v) is 2.92. The van der Waals surface area contributed by atoms with Crippen LogP contribution in [0.15, 0.2) is 21.0 Å². The SMILES string of the molecule is CCOC(=O)c1oc2c(C(F)(F)F)cc(C3CC3)cc2c1Br. The zero-order valence-electron chi connectivity index (χ0n) is 11.6. The van der Waals surface area contributed by atoms with Crippen molar-refractivity contribution in [1.82, 2.24) is 0 Å². The van der Waals surface area contributed by atoms with Gasteiger partial charge in [0.05, 0.1) is 16.6 Å². The number of furan rings is 1. The van der Waals surface area contributed by atoms with E-state index >= 15 is 0 Å². The predicted molar refractivity (Wildman–Crippen MR) is 76.8 cm³/mol. The van der Waals surface area contributed by atoms with Crippen LogP contribution in [0.5, 0.6) is 0 Å². The fourth-order valence-electron chi connectivity index (χ4n) is 2.38. The maximum atomic E-state index is 13.3. The van der Waals surface area contributed by atoms with Crippen LogP contribution in [0.4, 0.5) is 13.2 Å². The monoisotopic (exact) mass is 376 g/mol. The number of fused-ring (bicyclic) bond motifs is 1. The molecule has 1 aliphatic rings. The Morgan fingerprint density at radius 1 is 1.41 bits per heavy atom. The highest BCUT2D eigenvalue weighted by atomic mass is 79.9. The van der Waals surface area contributed by atoms with E-state index in [1.54, 1.807) is 13.0 Å². The summed E-state index contributed by atoms with van der Waals surface area (Å²) in [6.07, 6.45) is -2.79. The van der Waals surface area contributed by atoms with E-state index in [-0.39, 0.29) is 33.7 Å². The molecule has 0 amide bonds. The van der Waals surface area contributed by atoms with Gasteiger partial charge in [0.2, 0.25) is 5.76 Å². The highest BCUT2D eigenvalue weighted by Crippen LogP contribution is 2.46. The molecule has 0 radical (unpaired) electrons. The number of hydrogen-bond acceptors (Lipinski definition) is 3. The van der Waals surface area contributed by atoms with Crippen LogP contribution in [-0.2, 0) is 10.9 Å². The van der Waals surface area contributed by atoms with Gasteiger partial charge in [0.25, 0.3) is 0 Å². The van der Waals surface area contributed by atoms with E-state index in [0.717, 1.165) is 18.9 Å². The van der Waals surface area contributed by atoms with Crippen molar-refractivity contribution in [3.63, 3.8) is 0 Å². The number of hydrogen-bond donors (Lipinski definition) is 0. The second-order valence-electron chi connectivity index (χ2n) is 5.18. The van der Waals surface area contributed by atoms with Gasteiger partial charge in [-0.2, -0.15) is 13.2 Å². The summed E-state index contributed by atoms with van der Waals surface area (Å²) in [4.78, 5) is 11.8. The molecular weight excluding hydrogens is 365 g/mol. The fraction of sp³-hybridized carbons (Fsp3) is 0.400. The van der Waals surface area contributed by atoms with Gasteiger partial charge in [0.15, 0.2) is 0 Å². The molecule has 1 aliphatic carbocycles. The largest absolute Gasteiger partial charge is 0.460 e. The van der Waals surface area contributed by atoms with Crippen LogP contribution in [0, 0.1) is 0 Å². The lowest BCUT2D eigenvalue weighted by molar-refractivity contribution is -0.136. The molecule has 0 bridgehead atoms. The molecule has 0 aliphatic heterocycles. The first-order valence-electron chi connectivity index (χ1n) is 6.83. The van der Waals surface area contributed by atoms with Crippen LogP contribution in [0.3, 0.4) is 0 Å². The van der Waals surface area contributed by atoms with Crippen molar-refractivity contribution in [2.24, 2.45) is 0 Å². The highest BCUT2D eigenvalue weighted by molar-refractivity contribution is 9.10. The first kappa shape index (κ1) is 15.4. The van der Waals surface area contributed by atoms with E-state index in [4.69, 9.17) is 9.15 Å². The Bertz CT molecular complexity index is 745. The van der Waals surface area contributed by atoms with Crippen molar-refractivity contribution in [2.75, 3.05) is 6.61 Å². The van der Waals surface area contributed by atoms with Crippen LogP contribution in [0.2, 0.25) is 0 Å². The minimum atomic E-state index is -4.55. The number of halogens is 4. The first-order chi connectivity index (χ1) is 10.3. The molecule has 7 heteroatoms. The molecule has 0 atom stereocenters. The maximum Gasteiger partial charge on any atom is 0.420 e. The van der Waals surface area contributed by atoms with Crippen LogP contribution < -0.4 is 0 Å². The summed E-state index contributed by atoms with van der Waals surface area (Å²) in [5, 5.41) is 0.250. The van der Waals surface area contributed by atoms with Crippen LogP contribution in [-0.4, -0.2) is 12.6 Å². The Kier molecular flexibility index (Phi) is 3.71. The van der Waals surface area contributed by atoms with E-state index < -0.39 is 17.7 Å². The van der Waals surface area contributed by atoms with Crippen molar-refractivity contribution in [3.05, 3.63) is 33.5 Å². The topological polar surface area (TPSA) is 39.4 Å². The molecule has 1 heterocycles. The van der Waals surface area contributed by atoms with E-state index in [2.05, 4.69) is 15.9 Å². The Morgan fingerprint density at radius 2 is 2.09 bits per heavy atom. The quantitative estimate of drug-likeness (QED) is 0.685. The second-order valence-corrected chi connectivity index (χ2v) is 5.98. The van der Waals surface area contributed by atoms with Crippen LogP contribution >= 0.6 is 15.9 Å². The molecule has 118 valence electrons. The van der Waals surface area contributed by atoms with Gasteiger partial charge in [-0.05, 0) is 59.3 Å². The lowest BCUT2D eigenvalue weighted by atomic mass is 10.0. The van der Waals surface area contributed by atoms with Crippen molar-refractivity contribution < 1.29 is 27.1 Å². The number of benzene rings is 1. The molecular formula is C15H12BrF3O3. The summed E-state index contributed by atoms with van der Waals surface area (Å²) in [6, 6.07) is 2.77. The van der Waals surface area contributed by atoms with Crippen molar-refractivity contribution >= 4 is 32.9 Å². The lowest BCUT2D eigenvalue weighted by Gasteiger charge is -2.09. The molecule has 3 rings (SSSR count). The second kappa shape index (κ2) is 5.30. The van der Waals surface area contributed by atoms with Gasteiger partial charge in [0, 0.05) is 5.39 Å². The average molecular weight is 377 g/mol. The van der Waals surface area contributed by atoms with Gasteiger partial charge in [-0.3, -0.25) is 0 Å². The lowest BCUT2D eigenvalue weighted by Crippen LogP contribution is -2.06. The minimum absolute atomic E-state index is 0.113. The summed E-state index contributed by atoms with van der Waals surface area (Å²) < 4.78 is 50.0. The first-order valence-corrected chi connectivity index (χ1v) is 7.62. The van der Waals surface area contributed by atoms with Gasteiger partial charge in [-0.15, -0.1) is 0 Å². The Morgan fingerprint density at radius 3 is 2.64 bits per heavy atom. The number of esters is 1. The number of rotatable bonds is 3. The maximum absolute atomic E-state index is 13.3. The molecule has 3 nitrogen and oxygen atoms in total. The molecule has 0 saturated heterocycles. The van der Waals surface area contributed by atoms with Crippen LogP contribution in [0.1, 0.15) is 47.4 Å². The Labute approximate surface area is 132 Å². The summed E-state index contributed by atoms with van der Waals surface area (Å²) >= 11 is 3.17. The third-order valence-corrected chi connectivity index (χ3v) is 4.35. The zero-order valence-corrected chi connectivity index (χ0v) is 13.2. The number of alkyl halides is 3. The van der Waals surface area contributed by atoms with Crippen molar-refractivity contribution in [1.29, 1.82) is 0 Å². The molecule has 1 aromatic heterocycles. The zero-order chi connectivity index (χ0) is 16.1. The number of carbonyl (C=O) groups is 1. The molecule has 0 N–H and O–H groups in total. The Balaban J connectivity index is 2.23. The van der Waals surface area contributed by atoms with E-state index in [0.29, 0.717) is 5.56 Å². The number of carbonyl (C=O) groups excluding carboxylic acids is 1. The average Bonchev–Trinajstić information content (AvgIpc) is 3.22. The van der Waals surface area contributed by atoms with E-state index in [1.165, 1.54) is 0 Å². The summed E-state index contributed by atoms with van der Waals surface area (Å²) in [6.45, 7) is 1.72. The van der Waals surface area contributed by atoms with Crippen LogP contribution in [0.25, 0.3) is 11.0 Å². The molecule has 1 aromatic carbocycles. The summed E-state index contributed by atoms with van der Waals surface area (Å²) in [7, 11) is 0. The third-order valence-electron chi connectivity index (χ3n) is 3.57. The standard InChI is InChI=1S/C15H12BrF3O3/c1-2-21-14(20)13-11(16)9-5-8(7-3-4-7)6-10(12(9)22-13)15(17,18)19/h5-7H,2-4H2,1H3. The number of ether oxygens (including phenoxy) is 1. The Hall–Kier alpha value is -1.50. The van der Waals surface area contributed by atoms with Gasteiger partial charge < -0.3 is 9.15 Å². The van der Waals surface area contributed by atoms with Crippen molar-refractivity contribution in [3.8, 4) is 0 Å². The van der Waals surface area contributed by atoms with E-state index in [1.807, 2.05) is 0 Å². The summed E-state index contributed by atoms with van der Waals surface area (Å²) in [5.74, 6) is -0.875. The smallest absolute Gasteiger partial charge is 0.420 e. The molecule has 1 fully saturated rings. The highest BCUT2D eigenvalue weighted by Gasteiger charge is 2.38. The van der Waals surface area contributed by atoms with E-state index in [9.17, 15) is 18.0 Å². The molecule has 0 spiro atoms. The molecule has 0 unspecified atom stereocenters. The molecule has 2 aromatic rings. The predicted octanol–water partition coefficient (Wildman–Crippen LogP) is 5.27. The van der Waals surface area contributed by atoms with Gasteiger partial charge in [0.1, 0.15) is 5.58 Å². The normalized spacial score (nSPS) is 15.3. The molecule has 1 saturated carbocycles. The van der Waals surface area contributed by atoms with Gasteiger partial charge >= 0.3 is 12.1 Å². The van der Waals surface area contributed by atoms with Crippen molar-refractivity contribution in [2.45, 2.75) is 31.9 Å². The molecule has 22 heavy (non-hydrogen) atoms. The third kappa shape index (κ3) is 2.62. The van der Waals surface area contributed by atoms with Gasteiger partial charge in [-0.1, -0.05) is 0 Å². The summed E-state index contributed by atoms with van der Waals surface area (Å²) in [5.41, 5.74) is -0.577.